The summed E-state index contributed by atoms with van der Waals surface area (Å²) < 4.78 is 25.4. The molecule has 1 saturated heterocycles. The van der Waals surface area contributed by atoms with E-state index in [1.54, 1.807) is 12.1 Å². The molecule has 0 spiro atoms. The van der Waals surface area contributed by atoms with Crippen molar-refractivity contribution in [3.05, 3.63) is 35.6 Å². The minimum Gasteiger partial charge on any atom is -0.403 e. The third-order valence-corrected chi connectivity index (χ3v) is 4.74. The van der Waals surface area contributed by atoms with Crippen LogP contribution < -0.4 is 0 Å². The topological polar surface area (TPSA) is 18.5 Å². The predicted molar refractivity (Wildman–Crippen MR) is 73.6 cm³/mol. The van der Waals surface area contributed by atoms with Gasteiger partial charge in [-0.25, -0.2) is 4.39 Å². The molecule has 1 aliphatic heterocycles. The molecule has 1 aromatic rings. The highest BCUT2D eigenvalue weighted by Crippen LogP contribution is 2.58. The van der Waals surface area contributed by atoms with E-state index in [0.29, 0.717) is 11.7 Å². The van der Waals surface area contributed by atoms with E-state index >= 15 is 0 Å². The van der Waals surface area contributed by atoms with Gasteiger partial charge in [0.2, 0.25) is 0 Å². The van der Waals surface area contributed by atoms with E-state index in [1.807, 2.05) is 6.07 Å². The summed E-state index contributed by atoms with van der Waals surface area (Å²) in [6, 6.07) is 6.86. The van der Waals surface area contributed by atoms with Gasteiger partial charge in [0.1, 0.15) is 5.82 Å². The molecular formula is C15H20BFO2. The van der Waals surface area contributed by atoms with Gasteiger partial charge in [0.25, 0.3) is 0 Å². The van der Waals surface area contributed by atoms with Gasteiger partial charge < -0.3 is 9.31 Å². The van der Waals surface area contributed by atoms with Crippen molar-refractivity contribution in [1.82, 2.24) is 0 Å². The Hall–Kier alpha value is -0.865. The van der Waals surface area contributed by atoms with Crippen LogP contribution in [0.4, 0.5) is 4.39 Å². The molecule has 102 valence electrons. The average molecular weight is 262 g/mol. The molecule has 0 amide bonds. The second-order valence-corrected chi connectivity index (χ2v) is 6.69. The van der Waals surface area contributed by atoms with Crippen molar-refractivity contribution in [2.75, 3.05) is 0 Å². The molecule has 4 heteroatoms. The fourth-order valence-corrected chi connectivity index (χ4v) is 2.70. The SMILES string of the molecule is CC1(C)OB(C2CC2c2cccc(F)c2)OC1(C)C. The first kappa shape index (κ1) is 13.1. The molecule has 0 radical (unpaired) electrons. The Kier molecular flexibility index (Phi) is 2.81. The second kappa shape index (κ2) is 4.06. The molecule has 1 aromatic carbocycles. The quantitative estimate of drug-likeness (QED) is 0.755. The highest BCUT2D eigenvalue weighted by atomic mass is 19.1. The van der Waals surface area contributed by atoms with Gasteiger partial charge in [0.05, 0.1) is 11.2 Å². The largest absolute Gasteiger partial charge is 0.461 e. The number of hydrogen-bond donors (Lipinski definition) is 0. The van der Waals surface area contributed by atoms with Crippen LogP contribution in [0.5, 0.6) is 0 Å². The van der Waals surface area contributed by atoms with Crippen molar-refractivity contribution in [1.29, 1.82) is 0 Å². The van der Waals surface area contributed by atoms with Gasteiger partial charge >= 0.3 is 7.12 Å². The predicted octanol–water partition coefficient (Wildman–Crippen LogP) is 3.78. The van der Waals surface area contributed by atoms with E-state index in [9.17, 15) is 4.39 Å². The Morgan fingerprint density at radius 2 is 1.79 bits per heavy atom. The summed E-state index contributed by atoms with van der Waals surface area (Å²) in [4.78, 5) is 0. The molecule has 2 fully saturated rings. The number of halogens is 1. The molecule has 2 aliphatic rings. The van der Waals surface area contributed by atoms with Gasteiger partial charge in [-0.3, -0.25) is 0 Å². The molecule has 0 N–H and O–H groups in total. The minimum absolute atomic E-state index is 0.168. The Morgan fingerprint density at radius 1 is 1.16 bits per heavy atom. The number of hydrogen-bond acceptors (Lipinski definition) is 2. The lowest BCUT2D eigenvalue weighted by atomic mass is 9.79. The van der Waals surface area contributed by atoms with Crippen molar-refractivity contribution < 1.29 is 13.7 Å². The lowest BCUT2D eigenvalue weighted by molar-refractivity contribution is 0.00578. The van der Waals surface area contributed by atoms with E-state index in [4.69, 9.17) is 9.31 Å². The van der Waals surface area contributed by atoms with Gasteiger partial charge in [0, 0.05) is 5.82 Å². The van der Waals surface area contributed by atoms with Gasteiger partial charge in [0.15, 0.2) is 0 Å². The van der Waals surface area contributed by atoms with Crippen molar-refractivity contribution in [2.24, 2.45) is 0 Å². The maximum absolute atomic E-state index is 13.2. The molecule has 2 atom stereocenters. The first-order valence-corrected chi connectivity index (χ1v) is 6.91. The zero-order chi connectivity index (χ0) is 13.8. The molecule has 1 saturated carbocycles. The maximum Gasteiger partial charge on any atom is 0.461 e. The van der Waals surface area contributed by atoms with E-state index in [2.05, 4.69) is 27.7 Å². The van der Waals surface area contributed by atoms with E-state index in [-0.39, 0.29) is 24.1 Å². The highest BCUT2D eigenvalue weighted by molar-refractivity contribution is 6.49. The van der Waals surface area contributed by atoms with Gasteiger partial charge in [-0.2, -0.15) is 0 Å². The van der Waals surface area contributed by atoms with Crippen LogP contribution in [0.3, 0.4) is 0 Å². The first-order valence-electron chi connectivity index (χ1n) is 6.91. The molecule has 2 nitrogen and oxygen atoms in total. The van der Waals surface area contributed by atoms with Crippen molar-refractivity contribution in [3.8, 4) is 0 Å². The smallest absolute Gasteiger partial charge is 0.403 e. The Morgan fingerprint density at radius 3 is 2.37 bits per heavy atom. The lowest BCUT2D eigenvalue weighted by Crippen LogP contribution is -2.41. The zero-order valence-corrected chi connectivity index (χ0v) is 11.9. The fourth-order valence-electron chi connectivity index (χ4n) is 2.70. The van der Waals surface area contributed by atoms with Crippen LogP contribution in [-0.4, -0.2) is 18.3 Å². The maximum atomic E-state index is 13.2. The molecule has 19 heavy (non-hydrogen) atoms. The summed E-state index contributed by atoms with van der Waals surface area (Å²) in [6.07, 6.45) is 1.01. The van der Waals surface area contributed by atoms with Crippen molar-refractivity contribution in [2.45, 2.75) is 57.1 Å². The van der Waals surface area contributed by atoms with Crippen molar-refractivity contribution in [3.63, 3.8) is 0 Å². The van der Waals surface area contributed by atoms with Crippen molar-refractivity contribution >= 4 is 7.12 Å². The van der Waals surface area contributed by atoms with Crippen LogP contribution in [0, 0.1) is 5.82 Å². The molecule has 0 aromatic heterocycles. The summed E-state index contributed by atoms with van der Waals surface area (Å²) in [5, 5.41) is 0. The Bertz CT molecular complexity index is 485. The zero-order valence-electron chi connectivity index (χ0n) is 11.9. The molecular weight excluding hydrogens is 242 g/mol. The van der Waals surface area contributed by atoms with E-state index in [0.717, 1.165) is 12.0 Å². The summed E-state index contributed by atoms with van der Waals surface area (Å²) >= 11 is 0. The summed E-state index contributed by atoms with van der Waals surface area (Å²) in [5.41, 5.74) is 0.485. The Balaban J connectivity index is 1.72. The van der Waals surface area contributed by atoms with Gasteiger partial charge in [-0.1, -0.05) is 12.1 Å². The van der Waals surface area contributed by atoms with Crippen LogP contribution >= 0.6 is 0 Å². The first-order chi connectivity index (χ1) is 8.80. The molecule has 1 aliphatic carbocycles. The highest BCUT2D eigenvalue weighted by Gasteiger charge is 2.59. The van der Waals surface area contributed by atoms with Crippen LogP contribution in [0.2, 0.25) is 5.82 Å². The molecule has 1 heterocycles. The number of rotatable bonds is 2. The minimum atomic E-state index is -0.285. The second-order valence-electron chi connectivity index (χ2n) is 6.69. The molecule has 0 bridgehead atoms. The monoisotopic (exact) mass is 262 g/mol. The summed E-state index contributed by atoms with van der Waals surface area (Å²) in [6.45, 7) is 8.25. The van der Waals surface area contributed by atoms with Gasteiger partial charge in [-0.15, -0.1) is 0 Å². The lowest BCUT2D eigenvalue weighted by Gasteiger charge is -2.32. The summed E-state index contributed by atoms with van der Waals surface area (Å²) in [7, 11) is -0.168. The molecule has 3 rings (SSSR count). The van der Waals surface area contributed by atoms with Crippen LogP contribution in [0.15, 0.2) is 24.3 Å². The third kappa shape index (κ3) is 2.21. The summed E-state index contributed by atoms with van der Waals surface area (Å²) in [5.74, 6) is 0.547. The fraction of sp³-hybridized carbons (Fsp3) is 0.600. The van der Waals surface area contributed by atoms with E-state index < -0.39 is 0 Å². The average Bonchev–Trinajstić information content (AvgIpc) is 3.03. The van der Waals surface area contributed by atoms with Gasteiger partial charge in [-0.05, 0) is 57.7 Å². The van der Waals surface area contributed by atoms with E-state index in [1.165, 1.54) is 6.07 Å². The standard InChI is InChI=1S/C15H20BFO2/c1-14(2)15(3,4)19-16(18-14)13-9-12(13)10-6-5-7-11(17)8-10/h5-8,12-13H,9H2,1-4H3. The van der Waals surface area contributed by atoms with Crippen LogP contribution in [0.25, 0.3) is 0 Å². The third-order valence-electron chi connectivity index (χ3n) is 4.74. The Labute approximate surface area is 114 Å². The normalized spacial score (nSPS) is 31.5. The number of benzene rings is 1. The van der Waals surface area contributed by atoms with Crippen LogP contribution in [0.1, 0.15) is 45.6 Å². The van der Waals surface area contributed by atoms with Crippen LogP contribution in [-0.2, 0) is 9.31 Å². The molecule has 2 unspecified atom stereocenters.